The summed E-state index contributed by atoms with van der Waals surface area (Å²) in [5.41, 5.74) is 3.05. The van der Waals surface area contributed by atoms with Gasteiger partial charge in [0.15, 0.2) is 0 Å². The Kier molecular flexibility index (Phi) is 5.06. The zero-order valence-corrected chi connectivity index (χ0v) is 16.3. The highest BCUT2D eigenvalue weighted by atomic mass is 16.5. The number of rotatable bonds is 4. The Morgan fingerprint density at radius 2 is 1.96 bits per heavy atom. The van der Waals surface area contributed by atoms with E-state index in [1.54, 1.807) is 14.0 Å². The van der Waals surface area contributed by atoms with Crippen LogP contribution in [0.1, 0.15) is 29.7 Å². The fraction of sp³-hybridized carbons (Fsp3) is 0.391. The highest BCUT2D eigenvalue weighted by Crippen LogP contribution is 2.45. The van der Waals surface area contributed by atoms with Crippen LogP contribution in [0.2, 0.25) is 0 Å². The summed E-state index contributed by atoms with van der Waals surface area (Å²) in [7, 11) is 1.67. The van der Waals surface area contributed by atoms with Gasteiger partial charge in [-0.1, -0.05) is 24.3 Å². The normalized spacial score (nSPS) is 24.0. The summed E-state index contributed by atoms with van der Waals surface area (Å²) in [4.78, 5) is 16.8. The Balaban J connectivity index is 1.53. The molecule has 2 aromatic carbocycles. The molecule has 28 heavy (non-hydrogen) atoms. The summed E-state index contributed by atoms with van der Waals surface area (Å²) in [6, 6.07) is 18.3. The predicted molar refractivity (Wildman–Crippen MR) is 107 cm³/mol. The molecule has 1 amide bonds. The lowest BCUT2D eigenvalue weighted by atomic mass is 9.89. The summed E-state index contributed by atoms with van der Waals surface area (Å²) < 4.78 is 5.28. The molecule has 2 aliphatic heterocycles. The number of methoxy groups -OCH3 is 1. The van der Waals surface area contributed by atoms with Gasteiger partial charge in [-0.25, -0.2) is 0 Å². The van der Waals surface area contributed by atoms with Crippen LogP contribution >= 0.6 is 0 Å². The largest absolute Gasteiger partial charge is 0.497 e. The van der Waals surface area contributed by atoms with E-state index >= 15 is 0 Å². The molecule has 0 bridgehead atoms. The van der Waals surface area contributed by atoms with E-state index in [0.29, 0.717) is 17.4 Å². The average Bonchev–Trinajstić information content (AvgIpc) is 3.25. The number of likely N-dealkylation sites (tertiary alicyclic amines) is 2. The summed E-state index contributed by atoms with van der Waals surface area (Å²) in [5.74, 6) is 1.88. The van der Waals surface area contributed by atoms with E-state index in [4.69, 9.17) is 10.00 Å². The van der Waals surface area contributed by atoms with Crippen molar-refractivity contribution >= 4 is 5.91 Å². The van der Waals surface area contributed by atoms with Gasteiger partial charge in [0, 0.05) is 39.0 Å². The van der Waals surface area contributed by atoms with E-state index in [2.05, 4.69) is 29.2 Å². The molecule has 0 aromatic heterocycles. The van der Waals surface area contributed by atoms with E-state index in [-0.39, 0.29) is 11.9 Å². The van der Waals surface area contributed by atoms with Crippen molar-refractivity contribution in [3.8, 4) is 11.8 Å². The van der Waals surface area contributed by atoms with Crippen LogP contribution in [0.3, 0.4) is 0 Å². The number of carbonyl (C=O) groups is 1. The third kappa shape index (κ3) is 3.48. The van der Waals surface area contributed by atoms with Crippen LogP contribution in [0.5, 0.6) is 5.75 Å². The molecule has 0 saturated carbocycles. The molecule has 5 heteroatoms. The number of hydrogen-bond acceptors (Lipinski definition) is 4. The second-order valence-electron chi connectivity index (χ2n) is 7.82. The number of ether oxygens (including phenoxy) is 1. The summed E-state index contributed by atoms with van der Waals surface area (Å²) >= 11 is 0. The number of hydrogen-bond donors (Lipinski definition) is 0. The van der Waals surface area contributed by atoms with Crippen LogP contribution in [-0.2, 0) is 11.3 Å². The third-order valence-corrected chi connectivity index (χ3v) is 6.06. The minimum absolute atomic E-state index is 0.115. The van der Waals surface area contributed by atoms with Gasteiger partial charge in [0.1, 0.15) is 5.75 Å². The van der Waals surface area contributed by atoms with Gasteiger partial charge >= 0.3 is 0 Å². The fourth-order valence-electron chi connectivity index (χ4n) is 4.82. The van der Waals surface area contributed by atoms with E-state index in [1.807, 2.05) is 35.2 Å². The fourth-order valence-corrected chi connectivity index (χ4v) is 4.82. The molecular weight excluding hydrogens is 350 g/mol. The molecule has 0 unspecified atom stereocenters. The molecule has 2 heterocycles. The topological polar surface area (TPSA) is 56.6 Å². The monoisotopic (exact) mass is 375 g/mol. The van der Waals surface area contributed by atoms with Gasteiger partial charge in [-0.2, -0.15) is 5.26 Å². The van der Waals surface area contributed by atoms with Crippen LogP contribution in [0, 0.1) is 23.2 Å². The number of nitrogens with zero attached hydrogens (tertiary/aromatic N) is 3. The smallest absolute Gasteiger partial charge is 0.219 e. The maximum absolute atomic E-state index is 12.3. The molecule has 144 valence electrons. The van der Waals surface area contributed by atoms with Crippen molar-refractivity contribution in [3.05, 3.63) is 65.2 Å². The van der Waals surface area contributed by atoms with Crippen LogP contribution in [-0.4, -0.2) is 42.5 Å². The minimum Gasteiger partial charge on any atom is -0.497 e. The van der Waals surface area contributed by atoms with E-state index in [9.17, 15) is 4.79 Å². The number of benzene rings is 2. The van der Waals surface area contributed by atoms with E-state index in [0.717, 1.165) is 31.9 Å². The molecule has 0 N–H and O–H groups in total. The first-order valence-corrected chi connectivity index (χ1v) is 9.71. The second-order valence-corrected chi connectivity index (χ2v) is 7.82. The standard InChI is InChI=1S/C23H25N3O2/c1-16(27)26-14-20-13-25(12-18-5-3-4-17(10-18)11-24)15-22(20)23(26)19-6-8-21(28-2)9-7-19/h3-10,20,22-23H,12-15H2,1-2H3/t20-,22-,23+/m1/s1. The SMILES string of the molecule is COc1ccc([C@H]2[C@@H]3CN(Cc4cccc(C#N)c4)C[C@@H]3CN2C(C)=O)cc1. The Bertz CT molecular complexity index is 903. The molecule has 0 aliphatic carbocycles. The summed E-state index contributed by atoms with van der Waals surface area (Å²) in [6.45, 7) is 5.27. The third-order valence-electron chi connectivity index (χ3n) is 6.06. The number of nitriles is 1. The number of carbonyl (C=O) groups excluding carboxylic acids is 1. The average molecular weight is 375 g/mol. The zero-order valence-electron chi connectivity index (χ0n) is 16.3. The van der Waals surface area contributed by atoms with Crippen molar-refractivity contribution in [2.75, 3.05) is 26.7 Å². The van der Waals surface area contributed by atoms with Crippen LogP contribution in [0.4, 0.5) is 0 Å². The molecule has 4 rings (SSSR count). The Morgan fingerprint density at radius 1 is 1.18 bits per heavy atom. The molecule has 0 spiro atoms. The molecule has 3 atom stereocenters. The summed E-state index contributed by atoms with van der Waals surface area (Å²) in [6.07, 6.45) is 0. The first-order valence-electron chi connectivity index (χ1n) is 9.71. The first-order chi connectivity index (χ1) is 13.6. The number of amides is 1. The minimum atomic E-state index is 0.115. The Hall–Kier alpha value is -2.84. The van der Waals surface area contributed by atoms with Crippen LogP contribution < -0.4 is 4.74 Å². The van der Waals surface area contributed by atoms with Gasteiger partial charge in [0.05, 0.1) is 24.8 Å². The molecule has 5 nitrogen and oxygen atoms in total. The lowest BCUT2D eigenvalue weighted by Gasteiger charge is -2.29. The van der Waals surface area contributed by atoms with Gasteiger partial charge in [-0.05, 0) is 41.3 Å². The van der Waals surface area contributed by atoms with E-state index in [1.165, 1.54) is 11.1 Å². The molecule has 0 radical (unpaired) electrons. The summed E-state index contributed by atoms with van der Waals surface area (Å²) in [5, 5.41) is 9.12. The molecular formula is C23H25N3O2. The number of fused-ring (bicyclic) bond motifs is 1. The van der Waals surface area contributed by atoms with Crippen LogP contribution in [0.15, 0.2) is 48.5 Å². The first kappa shape index (κ1) is 18.5. The van der Waals surface area contributed by atoms with Gasteiger partial charge in [0.25, 0.3) is 0 Å². The highest BCUT2D eigenvalue weighted by molar-refractivity contribution is 5.74. The van der Waals surface area contributed by atoms with Crippen LogP contribution in [0.25, 0.3) is 0 Å². The van der Waals surface area contributed by atoms with Gasteiger partial charge in [0.2, 0.25) is 5.91 Å². The maximum atomic E-state index is 12.3. The van der Waals surface area contributed by atoms with Crippen molar-refractivity contribution in [3.63, 3.8) is 0 Å². The molecule has 2 aromatic rings. The van der Waals surface area contributed by atoms with Gasteiger partial charge in [-0.15, -0.1) is 0 Å². The van der Waals surface area contributed by atoms with Crippen molar-refractivity contribution < 1.29 is 9.53 Å². The van der Waals surface area contributed by atoms with Crippen molar-refractivity contribution in [1.82, 2.24) is 9.80 Å². The maximum Gasteiger partial charge on any atom is 0.219 e. The molecule has 2 fully saturated rings. The van der Waals surface area contributed by atoms with Crippen molar-refractivity contribution in [2.45, 2.75) is 19.5 Å². The quantitative estimate of drug-likeness (QED) is 0.823. The zero-order chi connectivity index (χ0) is 19.7. The second kappa shape index (κ2) is 7.65. The lowest BCUT2D eigenvalue weighted by Crippen LogP contribution is -2.34. The Morgan fingerprint density at radius 3 is 2.64 bits per heavy atom. The van der Waals surface area contributed by atoms with Gasteiger partial charge in [-0.3, -0.25) is 9.69 Å². The highest BCUT2D eigenvalue weighted by Gasteiger charge is 2.48. The molecule has 2 aliphatic rings. The van der Waals surface area contributed by atoms with Crippen molar-refractivity contribution in [1.29, 1.82) is 5.26 Å². The molecule has 2 saturated heterocycles. The predicted octanol–water partition coefficient (Wildman–Crippen LogP) is 3.22. The lowest BCUT2D eigenvalue weighted by molar-refractivity contribution is -0.130. The Labute approximate surface area is 166 Å². The van der Waals surface area contributed by atoms with E-state index < -0.39 is 0 Å². The van der Waals surface area contributed by atoms with Gasteiger partial charge < -0.3 is 9.64 Å². The van der Waals surface area contributed by atoms with Crippen molar-refractivity contribution in [2.24, 2.45) is 11.8 Å².